The number of fused-ring (bicyclic) bond motifs is 1. The maximum atomic E-state index is 13.2. The first-order valence-electron chi connectivity index (χ1n) is 12.9. The molecule has 0 saturated heterocycles. The average Bonchev–Trinajstić information content (AvgIpc) is 2.88. The van der Waals surface area contributed by atoms with Crippen LogP contribution in [0.2, 0.25) is 0 Å². The van der Waals surface area contributed by atoms with Gasteiger partial charge < -0.3 is 9.15 Å². The van der Waals surface area contributed by atoms with E-state index in [1.807, 2.05) is 58.0 Å². The number of rotatable bonds is 9. The van der Waals surface area contributed by atoms with Gasteiger partial charge in [-0.2, -0.15) is 4.72 Å². The van der Waals surface area contributed by atoms with E-state index in [2.05, 4.69) is 4.72 Å². The molecule has 0 radical (unpaired) electrons. The van der Waals surface area contributed by atoms with Gasteiger partial charge in [0.05, 0.1) is 4.90 Å². The first-order chi connectivity index (χ1) is 18.5. The summed E-state index contributed by atoms with van der Waals surface area (Å²) in [6.45, 7) is 9.24. The number of nitrogens with one attached hydrogen (secondary N) is 1. The minimum absolute atomic E-state index is 0.0182. The van der Waals surface area contributed by atoms with Crippen molar-refractivity contribution < 1.29 is 22.4 Å². The number of carbonyl (C=O) groups is 1. The predicted octanol–water partition coefficient (Wildman–Crippen LogP) is 5.61. The fourth-order valence-corrected chi connectivity index (χ4v) is 5.70. The SMILES string of the molecule is Cc1ccc(S(=O)(=O)N[C@H](CC(C)C)C(=O)Oc2ccc3c(C)c(Cc4ccccc4)c(=O)oc3c2C)cc1. The van der Waals surface area contributed by atoms with Crippen LogP contribution in [-0.2, 0) is 21.2 Å². The van der Waals surface area contributed by atoms with Gasteiger partial charge >= 0.3 is 11.6 Å². The highest BCUT2D eigenvalue weighted by molar-refractivity contribution is 7.89. The lowest BCUT2D eigenvalue weighted by Crippen LogP contribution is -2.43. The van der Waals surface area contributed by atoms with Crippen LogP contribution in [0.25, 0.3) is 11.0 Å². The fraction of sp³-hybridized carbons (Fsp3) is 0.290. The summed E-state index contributed by atoms with van der Waals surface area (Å²) in [4.78, 5) is 26.3. The molecule has 3 aromatic carbocycles. The van der Waals surface area contributed by atoms with E-state index in [4.69, 9.17) is 9.15 Å². The lowest BCUT2D eigenvalue weighted by Gasteiger charge is -2.20. The third-order valence-corrected chi connectivity index (χ3v) is 8.20. The molecule has 0 fully saturated rings. The van der Waals surface area contributed by atoms with Crippen molar-refractivity contribution in [3.63, 3.8) is 0 Å². The molecule has 1 heterocycles. The van der Waals surface area contributed by atoms with E-state index in [1.54, 1.807) is 31.2 Å². The van der Waals surface area contributed by atoms with E-state index in [0.717, 1.165) is 22.1 Å². The molecule has 4 rings (SSSR count). The molecule has 39 heavy (non-hydrogen) atoms. The van der Waals surface area contributed by atoms with Crippen molar-refractivity contribution in [2.75, 3.05) is 0 Å². The summed E-state index contributed by atoms with van der Waals surface area (Å²) >= 11 is 0. The Kier molecular flexibility index (Phi) is 8.37. The van der Waals surface area contributed by atoms with Gasteiger partial charge in [0.1, 0.15) is 17.4 Å². The highest BCUT2D eigenvalue weighted by Crippen LogP contribution is 2.30. The Balaban J connectivity index is 1.62. The number of hydrogen-bond donors (Lipinski definition) is 1. The largest absolute Gasteiger partial charge is 0.425 e. The second kappa shape index (κ2) is 11.6. The maximum absolute atomic E-state index is 13.2. The highest BCUT2D eigenvalue weighted by atomic mass is 32.2. The molecule has 0 amide bonds. The molecule has 1 N–H and O–H groups in total. The van der Waals surface area contributed by atoms with Crippen molar-refractivity contribution in [2.45, 2.75) is 58.4 Å². The molecule has 0 saturated carbocycles. The Morgan fingerprint density at radius 2 is 1.59 bits per heavy atom. The molecule has 0 aliphatic rings. The third-order valence-electron chi connectivity index (χ3n) is 6.71. The van der Waals surface area contributed by atoms with Gasteiger partial charge in [0.15, 0.2) is 0 Å². The fourth-order valence-electron chi connectivity index (χ4n) is 4.50. The quantitative estimate of drug-likeness (QED) is 0.166. The minimum Gasteiger partial charge on any atom is -0.425 e. The molecule has 4 aromatic rings. The van der Waals surface area contributed by atoms with Crippen molar-refractivity contribution in [1.82, 2.24) is 4.72 Å². The van der Waals surface area contributed by atoms with Crippen LogP contribution in [0.4, 0.5) is 0 Å². The Morgan fingerprint density at radius 1 is 0.923 bits per heavy atom. The molecular weight excluding hydrogens is 514 g/mol. The Morgan fingerprint density at radius 3 is 2.23 bits per heavy atom. The second-order valence-corrected chi connectivity index (χ2v) is 12.0. The molecule has 204 valence electrons. The number of benzene rings is 3. The molecule has 1 atom stereocenters. The smallest absolute Gasteiger partial charge is 0.340 e. The number of esters is 1. The number of ether oxygens (including phenoxy) is 1. The van der Waals surface area contributed by atoms with Crippen LogP contribution < -0.4 is 15.1 Å². The van der Waals surface area contributed by atoms with Crippen molar-refractivity contribution >= 4 is 27.0 Å². The number of hydrogen-bond acceptors (Lipinski definition) is 6. The van der Waals surface area contributed by atoms with Gasteiger partial charge in [-0.3, -0.25) is 0 Å². The Labute approximate surface area is 228 Å². The van der Waals surface area contributed by atoms with Crippen LogP contribution in [0.15, 0.2) is 80.8 Å². The number of aryl methyl sites for hydroxylation is 3. The summed E-state index contributed by atoms with van der Waals surface area (Å²) in [6, 6.07) is 18.4. The Hall–Kier alpha value is -3.75. The summed E-state index contributed by atoms with van der Waals surface area (Å²) < 4.78 is 39.9. The molecule has 7 nitrogen and oxygen atoms in total. The number of carbonyl (C=O) groups excluding carboxylic acids is 1. The van der Waals surface area contributed by atoms with Crippen LogP contribution in [0, 0.1) is 26.7 Å². The normalized spacial score (nSPS) is 12.6. The van der Waals surface area contributed by atoms with Gasteiger partial charge in [-0.05, 0) is 68.5 Å². The summed E-state index contributed by atoms with van der Waals surface area (Å²) in [6.07, 6.45) is 0.687. The first-order valence-corrected chi connectivity index (χ1v) is 14.3. The first kappa shape index (κ1) is 28.3. The summed E-state index contributed by atoms with van der Waals surface area (Å²) in [5.74, 6) is -0.513. The van der Waals surface area contributed by atoms with Crippen LogP contribution in [0.3, 0.4) is 0 Å². The second-order valence-electron chi connectivity index (χ2n) is 10.3. The highest BCUT2D eigenvalue weighted by Gasteiger charge is 2.29. The average molecular weight is 548 g/mol. The molecule has 0 aliphatic carbocycles. The van der Waals surface area contributed by atoms with Crippen molar-refractivity contribution in [1.29, 1.82) is 0 Å². The molecule has 0 bridgehead atoms. The third kappa shape index (κ3) is 6.46. The molecule has 0 unspecified atom stereocenters. The zero-order valence-electron chi connectivity index (χ0n) is 22.8. The van der Waals surface area contributed by atoms with Crippen LogP contribution >= 0.6 is 0 Å². The molecule has 0 spiro atoms. The lowest BCUT2D eigenvalue weighted by atomic mass is 9.98. The topological polar surface area (TPSA) is 103 Å². The van der Waals surface area contributed by atoms with E-state index in [0.29, 0.717) is 23.1 Å². The molecule has 8 heteroatoms. The van der Waals surface area contributed by atoms with Crippen molar-refractivity contribution in [3.05, 3.63) is 105 Å². The van der Waals surface area contributed by atoms with Crippen LogP contribution in [0.5, 0.6) is 5.75 Å². The monoisotopic (exact) mass is 547 g/mol. The summed E-state index contributed by atoms with van der Waals surface area (Å²) in [5.41, 5.74) is 3.66. The molecule has 0 aliphatic heterocycles. The van der Waals surface area contributed by atoms with Gasteiger partial charge in [0.25, 0.3) is 0 Å². The summed E-state index contributed by atoms with van der Waals surface area (Å²) in [5, 5.41) is 0.747. The van der Waals surface area contributed by atoms with E-state index in [-0.39, 0.29) is 23.0 Å². The van der Waals surface area contributed by atoms with Gasteiger partial charge in [-0.15, -0.1) is 0 Å². The van der Waals surface area contributed by atoms with Gasteiger partial charge in [-0.1, -0.05) is 61.9 Å². The van der Waals surface area contributed by atoms with Gasteiger partial charge in [0, 0.05) is 22.9 Å². The summed E-state index contributed by atoms with van der Waals surface area (Å²) in [7, 11) is -3.96. The standard InChI is InChI=1S/C31H33NO6S/c1-19(2)17-27(32-39(35,36)24-13-11-20(3)12-14-24)31(34)37-28-16-15-25-21(4)26(18-23-9-7-6-8-10-23)30(33)38-29(25)22(28)5/h6-16,19,27,32H,17-18H2,1-5H3/t27-/m1/s1. The predicted molar refractivity (Wildman–Crippen MR) is 152 cm³/mol. The van der Waals surface area contributed by atoms with Crippen molar-refractivity contribution in [3.8, 4) is 5.75 Å². The van der Waals surface area contributed by atoms with E-state index < -0.39 is 27.7 Å². The Bertz CT molecular complexity index is 1660. The van der Waals surface area contributed by atoms with E-state index >= 15 is 0 Å². The zero-order valence-corrected chi connectivity index (χ0v) is 23.6. The van der Waals surface area contributed by atoms with Crippen LogP contribution in [0.1, 0.15) is 48.1 Å². The van der Waals surface area contributed by atoms with E-state index in [1.165, 1.54) is 12.1 Å². The minimum atomic E-state index is -3.96. The number of sulfonamides is 1. The van der Waals surface area contributed by atoms with Gasteiger partial charge in [0.2, 0.25) is 10.0 Å². The van der Waals surface area contributed by atoms with Crippen molar-refractivity contribution in [2.24, 2.45) is 5.92 Å². The zero-order chi connectivity index (χ0) is 28.3. The molecular formula is C31H33NO6S. The van der Waals surface area contributed by atoms with E-state index in [9.17, 15) is 18.0 Å². The maximum Gasteiger partial charge on any atom is 0.340 e. The van der Waals surface area contributed by atoms with Gasteiger partial charge in [-0.25, -0.2) is 18.0 Å². The lowest BCUT2D eigenvalue weighted by molar-refractivity contribution is -0.136. The molecule has 1 aromatic heterocycles. The van der Waals surface area contributed by atoms with Crippen LogP contribution in [-0.4, -0.2) is 20.4 Å².